The Balaban J connectivity index is 2.16. The van der Waals surface area contributed by atoms with Gasteiger partial charge in [-0.1, -0.05) is 11.6 Å². The van der Waals surface area contributed by atoms with Gasteiger partial charge in [0.2, 0.25) is 5.91 Å². The number of furan rings is 1. The van der Waals surface area contributed by atoms with Gasteiger partial charge < -0.3 is 9.32 Å². The van der Waals surface area contributed by atoms with E-state index in [1.165, 1.54) is 0 Å². The summed E-state index contributed by atoms with van der Waals surface area (Å²) in [5.41, 5.74) is 1.79. The van der Waals surface area contributed by atoms with Crippen LogP contribution in [-0.2, 0) is 4.79 Å². The molecule has 1 aromatic heterocycles. The summed E-state index contributed by atoms with van der Waals surface area (Å²) < 4.78 is 5.46. The second-order valence-electron chi connectivity index (χ2n) is 4.49. The Bertz CT molecular complexity index is 610. The SMILES string of the molecule is CN1C(=O)CNC(c2ccco2)c2cc(Cl)ccc21. The largest absolute Gasteiger partial charge is 0.467 e. The van der Waals surface area contributed by atoms with Crippen LogP contribution in [0.4, 0.5) is 5.69 Å². The molecule has 0 spiro atoms. The van der Waals surface area contributed by atoms with Gasteiger partial charge >= 0.3 is 0 Å². The molecule has 1 unspecified atom stereocenters. The molecule has 0 bridgehead atoms. The molecule has 2 heterocycles. The average molecular weight is 277 g/mol. The van der Waals surface area contributed by atoms with E-state index in [1.807, 2.05) is 24.3 Å². The molecule has 0 aliphatic carbocycles. The summed E-state index contributed by atoms with van der Waals surface area (Å²) in [4.78, 5) is 13.6. The first-order chi connectivity index (χ1) is 9.16. The number of rotatable bonds is 1. The molecule has 2 aromatic rings. The minimum Gasteiger partial charge on any atom is -0.467 e. The molecule has 3 rings (SSSR count). The van der Waals surface area contributed by atoms with E-state index in [9.17, 15) is 4.79 Å². The Labute approximate surface area is 116 Å². The third-order valence-electron chi connectivity index (χ3n) is 3.32. The highest BCUT2D eigenvalue weighted by Crippen LogP contribution is 2.34. The molecule has 1 aliphatic heterocycles. The number of hydrogen-bond donors (Lipinski definition) is 1. The molecular formula is C14H13ClN2O2. The highest BCUT2D eigenvalue weighted by molar-refractivity contribution is 6.30. The Morgan fingerprint density at radius 3 is 3.00 bits per heavy atom. The standard InChI is InChI=1S/C14H13ClN2O2/c1-17-11-5-4-9(15)7-10(11)14(16-8-13(17)18)12-3-2-6-19-12/h2-7,14,16H,8H2,1H3. The van der Waals surface area contributed by atoms with Gasteiger partial charge in [0, 0.05) is 23.3 Å². The van der Waals surface area contributed by atoms with Gasteiger partial charge in [-0.2, -0.15) is 0 Å². The molecule has 5 heteroatoms. The zero-order valence-corrected chi connectivity index (χ0v) is 11.1. The maximum absolute atomic E-state index is 12.0. The lowest BCUT2D eigenvalue weighted by atomic mass is 10.0. The minimum atomic E-state index is -0.169. The lowest BCUT2D eigenvalue weighted by Gasteiger charge is -2.19. The molecule has 0 saturated carbocycles. The zero-order valence-electron chi connectivity index (χ0n) is 10.4. The Kier molecular flexibility index (Phi) is 3.05. The van der Waals surface area contributed by atoms with Crippen molar-refractivity contribution in [3.8, 4) is 0 Å². The highest BCUT2D eigenvalue weighted by atomic mass is 35.5. The summed E-state index contributed by atoms with van der Waals surface area (Å²) in [5, 5.41) is 3.84. The number of nitrogens with zero attached hydrogens (tertiary/aromatic N) is 1. The van der Waals surface area contributed by atoms with Crippen LogP contribution in [0.3, 0.4) is 0 Å². The Hall–Kier alpha value is -1.78. The van der Waals surface area contributed by atoms with E-state index in [-0.39, 0.29) is 18.5 Å². The number of carbonyl (C=O) groups is 1. The fraction of sp³-hybridized carbons (Fsp3) is 0.214. The smallest absolute Gasteiger partial charge is 0.240 e. The van der Waals surface area contributed by atoms with Crippen LogP contribution >= 0.6 is 11.6 Å². The number of carbonyl (C=O) groups excluding carboxylic acids is 1. The molecule has 1 N–H and O–H groups in total. The van der Waals surface area contributed by atoms with Gasteiger partial charge in [-0.3, -0.25) is 10.1 Å². The van der Waals surface area contributed by atoms with Crippen molar-refractivity contribution in [2.24, 2.45) is 0 Å². The average Bonchev–Trinajstić information content (AvgIpc) is 2.88. The van der Waals surface area contributed by atoms with E-state index < -0.39 is 0 Å². The van der Waals surface area contributed by atoms with Gasteiger partial charge in [-0.25, -0.2) is 0 Å². The number of nitrogens with one attached hydrogen (secondary N) is 1. The molecular weight excluding hydrogens is 264 g/mol. The topological polar surface area (TPSA) is 45.5 Å². The number of fused-ring (bicyclic) bond motifs is 1. The fourth-order valence-corrected chi connectivity index (χ4v) is 2.50. The molecule has 1 atom stereocenters. The Morgan fingerprint density at radius 2 is 2.26 bits per heavy atom. The summed E-state index contributed by atoms with van der Waals surface area (Å²) in [5.74, 6) is 0.782. The third kappa shape index (κ3) is 2.13. The van der Waals surface area contributed by atoms with Crippen LogP contribution in [-0.4, -0.2) is 19.5 Å². The van der Waals surface area contributed by atoms with Crippen LogP contribution in [0.15, 0.2) is 41.0 Å². The summed E-state index contributed by atoms with van der Waals surface area (Å²) in [6.45, 7) is 0.258. The predicted molar refractivity (Wildman–Crippen MR) is 73.4 cm³/mol. The highest BCUT2D eigenvalue weighted by Gasteiger charge is 2.28. The van der Waals surface area contributed by atoms with Crippen molar-refractivity contribution in [2.45, 2.75) is 6.04 Å². The molecule has 98 valence electrons. The number of amides is 1. The summed E-state index contributed by atoms with van der Waals surface area (Å²) >= 11 is 6.08. The second-order valence-corrected chi connectivity index (χ2v) is 4.92. The normalized spacial score (nSPS) is 19.2. The van der Waals surface area contributed by atoms with Gasteiger partial charge in [-0.15, -0.1) is 0 Å². The molecule has 0 saturated heterocycles. The maximum atomic E-state index is 12.0. The number of halogens is 1. The van der Waals surface area contributed by atoms with Crippen LogP contribution in [0.1, 0.15) is 17.4 Å². The van der Waals surface area contributed by atoms with E-state index >= 15 is 0 Å². The van der Waals surface area contributed by atoms with Crippen molar-refractivity contribution in [2.75, 3.05) is 18.5 Å². The maximum Gasteiger partial charge on any atom is 0.240 e. The van der Waals surface area contributed by atoms with E-state index in [1.54, 1.807) is 24.3 Å². The summed E-state index contributed by atoms with van der Waals surface area (Å²) in [6, 6.07) is 9.06. The van der Waals surface area contributed by atoms with Crippen LogP contribution in [0.5, 0.6) is 0 Å². The molecule has 0 fully saturated rings. The molecule has 1 aliphatic rings. The van der Waals surface area contributed by atoms with Gasteiger partial charge in [-0.05, 0) is 30.3 Å². The van der Waals surface area contributed by atoms with Crippen LogP contribution < -0.4 is 10.2 Å². The van der Waals surface area contributed by atoms with E-state index in [0.29, 0.717) is 5.02 Å². The van der Waals surface area contributed by atoms with Crippen molar-refractivity contribution < 1.29 is 9.21 Å². The number of hydrogen-bond acceptors (Lipinski definition) is 3. The van der Waals surface area contributed by atoms with Crippen LogP contribution in [0, 0.1) is 0 Å². The first-order valence-electron chi connectivity index (χ1n) is 5.99. The molecule has 4 nitrogen and oxygen atoms in total. The Morgan fingerprint density at radius 1 is 1.42 bits per heavy atom. The molecule has 1 amide bonds. The predicted octanol–water partition coefficient (Wildman–Crippen LogP) is 2.59. The van der Waals surface area contributed by atoms with E-state index in [0.717, 1.165) is 17.0 Å². The first-order valence-corrected chi connectivity index (χ1v) is 6.37. The number of benzene rings is 1. The molecule has 0 radical (unpaired) electrons. The first kappa shape index (κ1) is 12.3. The lowest BCUT2D eigenvalue weighted by molar-refractivity contribution is -0.117. The number of likely N-dealkylation sites (N-methyl/N-ethyl adjacent to an activating group) is 1. The molecule has 1 aromatic carbocycles. The van der Waals surface area contributed by atoms with Gasteiger partial charge in [0.15, 0.2) is 0 Å². The summed E-state index contributed by atoms with van der Waals surface area (Å²) in [7, 11) is 1.77. The van der Waals surface area contributed by atoms with Crippen LogP contribution in [0.25, 0.3) is 0 Å². The summed E-state index contributed by atoms with van der Waals surface area (Å²) in [6.07, 6.45) is 1.62. The van der Waals surface area contributed by atoms with E-state index in [4.69, 9.17) is 16.0 Å². The van der Waals surface area contributed by atoms with Crippen molar-refractivity contribution in [1.29, 1.82) is 0 Å². The van der Waals surface area contributed by atoms with Crippen molar-refractivity contribution >= 4 is 23.2 Å². The molecule has 19 heavy (non-hydrogen) atoms. The minimum absolute atomic E-state index is 0.0117. The van der Waals surface area contributed by atoms with Gasteiger partial charge in [0.05, 0.1) is 18.8 Å². The van der Waals surface area contributed by atoms with E-state index in [2.05, 4.69) is 5.32 Å². The second kappa shape index (κ2) is 4.72. The van der Waals surface area contributed by atoms with Crippen LogP contribution in [0.2, 0.25) is 5.02 Å². The van der Waals surface area contributed by atoms with Crippen molar-refractivity contribution in [3.63, 3.8) is 0 Å². The van der Waals surface area contributed by atoms with Gasteiger partial charge in [0.25, 0.3) is 0 Å². The van der Waals surface area contributed by atoms with Gasteiger partial charge in [0.1, 0.15) is 5.76 Å². The quantitative estimate of drug-likeness (QED) is 0.871. The third-order valence-corrected chi connectivity index (χ3v) is 3.56. The zero-order chi connectivity index (χ0) is 13.4. The fourth-order valence-electron chi connectivity index (χ4n) is 2.32. The lowest BCUT2D eigenvalue weighted by Crippen LogP contribution is -2.33. The van der Waals surface area contributed by atoms with Crippen molar-refractivity contribution in [1.82, 2.24) is 5.32 Å². The van der Waals surface area contributed by atoms with Crippen molar-refractivity contribution in [3.05, 3.63) is 52.9 Å². The number of anilines is 1. The monoisotopic (exact) mass is 276 g/mol.